The van der Waals surface area contributed by atoms with Gasteiger partial charge in [-0.1, -0.05) is 18.9 Å². The largest absolute Gasteiger partial charge is 0.426 e. The van der Waals surface area contributed by atoms with Gasteiger partial charge in [0.25, 0.3) is 0 Å². The maximum absolute atomic E-state index is 12.5. The minimum atomic E-state index is -0.527. The Labute approximate surface area is 199 Å². The van der Waals surface area contributed by atoms with Crippen LogP contribution in [0.25, 0.3) is 0 Å². The predicted octanol–water partition coefficient (Wildman–Crippen LogP) is 5.39. The van der Waals surface area contributed by atoms with Crippen LogP contribution in [0.1, 0.15) is 84.8 Å². The summed E-state index contributed by atoms with van der Waals surface area (Å²) in [4.78, 5) is 25.0. The van der Waals surface area contributed by atoms with Crippen molar-refractivity contribution < 1.29 is 23.5 Å². The molecule has 1 aromatic rings. The molecule has 0 aromatic heterocycles. The summed E-state index contributed by atoms with van der Waals surface area (Å²) in [7, 11) is 2.28. The fourth-order valence-corrected chi connectivity index (χ4v) is 6.35. The number of nitrogens with zero attached hydrogens (tertiary/aromatic N) is 1. The van der Waals surface area contributed by atoms with Gasteiger partial charge >= 0.3 is 11.9 Å². The summed E-state index contributed by atoms with van der Waals surface area (Å²) in [5.41, 5.74) is 1.91. The summed E-state index contributed by atoms with van der Waals surface area (Å²) in [6.45, 7) is 12.9. The van der Waals surface area contributed by atoms with Gasteiger partial charge in [-0.3, -0.25) is 14.1 Å². The molecule has 182 valence electrons. The van der Waals surface area contributed by atoms with Crippen molar-refractivity contribution >= 4 is 11.9 Å². The number of hydrogen-bond donors (Lipinski definition) is 0. The minimum Gasteiger partial charge on any atom is -0.426 e. The molecule has 4 atom stereocenters. The Morgan fingerprint density at radius 1 is 1.03 bits per heavy atom. The van der Waals surface area contributed by atoms with E-state index in [1.807, 2.05) is 47.6 Å². The molecule has 0 N–H and O–H groups in total. The predicted molar refractivity (Wildman–Crippen MR) is 129 cm³/mol. The highest BCUT2D eigenvalue weighted by Crippen LogP contribution is 2.57. The molecule has 1 aromatic carbocycles. The lowest BCUT2D eigenvalue weighted by Crippen LogP contribution is -2.69. The lowest BCUT2D eigenvalue weighted by atomic mass is 9.52. The SMILES string of the molecule is CC(C)(C)C(=O)OC[N@+]1(C)CC[C@]23CCCC[C@H]2[C@H]1Cc1ccc(OC(=O)C(C)(C)C)cc13. The second-order valence-corrected chi connectivity index (χ2v) is 13.0. The van der Waals surface area contributed by atoms with Crippen LogP contribution < -0.4 is 4.74 Å². The van der Waals surface area contributed by atoms with Crippen molar-refractivity contribution in [2.45, 2.75) is 91.5 Å². The highest BCUT2D eigenvalue weighted by Gasteiger charge is 2.59. The highest BCUT2D eigenvalue weighted by molar-refractivity contribution is 5.78. The van der Waals surface area contributed by atoms with E-state index < -0.39 is 10.8 Å². The van der Waals surface area contributed by atoms with Crippen LogP contribution in [-0.2, 0) is 26.2 Å². The van der Waals surface area contributed by atoms with Crippen LogP contribution in [0.3, 0.4) is 0 Å². The zero-order chi connectivity index (χ0) is 24.2. The van der Waals surface area contributed by atoms with Gasteiger partial charge in [0.1, 0.15) is 5.75 Å². The van der Waals surface area contributed by atoms with Gasteiger partial charge in [-0.15, -0.1) is 0 Å². The maximum atomic E-state index is 12.5. The van der Waals surface area contributed by atoms with E-state index >= 15 is 0 Å². The molecule has 0 amide bonds. The minimum absolute atomic E-state index is 0.121. The molecule has 2 bridgehead atoms. The van der Waals surface area contributed by atoms with E-state index in [4.69, 9.17) is 9.47 Å². The number of carbonyl (C=O) groups is 2. The van der Waals surface area contributed by atoms with Crippen LogP contribution in [0.5, 0.6) is 5.75 Å². The molecule has 3 aliphatic rings. The molecular formula is C28H42NO4+. The third-order valence-corrected chi connectivity index (χ3v) is 8.40. The van der Waals surface area contributed by atoms with E-state index in [0.29, 0.717) is 24.4 Å². The zero-order valence-corrected chi connectivity index (χ0v) is 21.6. The quantitative estimate of drug-likeness (QED) is 0.348. The Balaban J connectivity index is 1.65. The smallest absolute Gasteiger partial charge is 0.316 e. The number of piperidine rings is 1. The number of likely N-dealkylation sites (tertiary alicyclic amines) is 1. The Morgan fingerprint density at radius 3 is 2.39 bits per heavy atom. The molecule has 5 nitrogen and oxygen atoms in total. The van der Waals surface area contributed by atoms with E-state index in [9.17, 15) is 9.59 Å². The highest BCUT2D eigenvalue weighted by atomic mass is 16.5. The van der Waals surface area contributed by atoms with Crippen molar-refractivity contribution in [1.82, 2.24) is 0 Å². The summed E-state index contributed by atoms with van der Waals surface area (Å²) in [5.74, 6) is 0.929. The standard InChI is InChI=1S/C28H42NO4/c1-26(2,3)24(30)32-18-29(7)15-14-28-13-9-8-10-21(28)23(29)16-19-11-12-20(17-22(19)28)33-25(31)27(4,5)6/h11-12,17,21,23H,8-10,13-16,18H2,1-7H3/q+1/t21-,23+,28+,29-/m0/s1. The Morgan fingerprint density at radius 2 is 1.73 bits per heavy atom. The van der Waals surface area contributed by atoms with Gasteiger partial charge in [-0.2, -0.15) is 0 Å². The molecule has 4 rings (SSSR count). The molecule has 5 heteroatoms. The van der Waals surface area contributed by atoms with Gasteiger partial charge < -0.3 is 9.47 Å². The van der Waals surface area contributed by atoms with Crippen molar-refractivity contribution in [2.24, 2.45) is 16.7 Å². The van der Waals surface area contributed by atoms with Crippen molar-refractivity contribution in [3.63, 3.8) is 0 Å². The van der Waals surface area contributed by atoms with Crippen molar-refractivity contribution in [3.8, 4) is 5.75 Å². The molecule has 1 saturated heterocycles. The molecule has 1 aliphatic heterocycles. The molecule has 0 unspecified atom stereocenters. The summed E-state index contributed by atoms with van der Waals surface area (Å²) in [6.07, 6.45) is 6.99. The first-order chi connectivity index (χ1) is 15.3. The molecule has 1 heterocycles. The van der Waals surface area contributed by atoms with Crippen molar-refractivity contribution in [2.75, 3.05) is 20.3 Å². The normalized spacial score (nSPS) is 31.2. The molecule has 2 fully saturated rings. The van der Waals surface area contributed by atoms with Gasteiger partial charge in [-0.05, 0) is 77.6 Å². The molecule has 0 radical (unpaired) electrons. The first-order valence-electron chi connectivity index (χ1n) is 12.6. The topological polar surface area (TPSA) is 52.6 Å². The van der Waals surface area contributed by atoms with Gasteiger partial charge in [0, 0.05) is 24.2 Å². The number of rotatable bonds is 3. The third-order valence-electron chi connectivity index (χ3n) is 8.40. The van der Waals surface area contributed by atoms with E-state index in [-0.39, 0.29) is 17.4 Å². The average Bonchev–Trinajstić information content (AvgIpc) is 2.74. The first kappa shape index (κ1) is 24.3. The van der Waals surface area contributed by atoms with Crippen LogP contribution in [0.4, 0.5) is 0 Å². The zero-order valence-electron chi connectivity index (χ0n) is 21.6. The molecular weight excluding hydrogens is 414 g/mol. The second kappa shape index (κ2) is 8.11. The van der Waals surface area contributed by atoms with Gasteiger partial charge in [-0.25, -0.2) is 0 Å². The van der Waals surface area contributed by atoms with Crippen molar-refractivity contribution in [3.05, 3.63) is 29.3 Å². The van der Waals surface area contributed by atoms with Crippen LogP contribution in [0, 0.1) is 16.7 Å². The maximum Gasteiger partial charge on any atom is 0.316 e. The summed E-state index contributed by atoms with van der Waals surface area (Å²) in [6, 6.07) is 6.75. The van der Waals surface area contributed by atoms with E-state index in [0.717, 1.165) is 23.9 Å². The van der Waals surface area contributed by atoms with Gasteiger partial charge in [0.05, 0.1) is 30.5 Å². The summed E-state index contributed by atoms with van der Waals surface area (Å²) < 4.78 is 12.5. The summed E-state index contributed by atoms with van der Waals surface area (Å²) >= 11 is 0. The Kier molecular flexibility index (Phi) is 5.96. The third kappa shape index (κ3) is 4.34. The molecule has 1 saturated carbocycles. The number of carbonyl (C=O) groups excluding carboxylic acids is 2. The molecule has 2 aliphatic carbocycles. The summed E-state index contributed by atoms with van der Waals surface area (Å²) in [5, 5.41) is 0. The second-order valence-electron chi connectivity index (χ2n) is 13.0. The van der Waals surface area contributed by atoms with Gasteiger partial charge in [0.15, 0.2) is 0 Å². The van der Waals surface area contributed by atoms with Crippen LogP contribution in [0.15, 0.2) is 18.2 Å². The number of benzene rings is 1. The number of ether oxygens (including phenoxy) is 2. The van der Waals surface area contributed by atoms with Crippen LogP contribution in [-0.4, -0.2) is 42.8 Å². The fraction of sp³-hybridized carbons (Fsp3) is 0.714. The number of quaternary nitrogens is 1. The van der Waals surface area contributed by atoms with E-state index in [2.05, 4.69) is 19.2 Å². The lowest BCUT2D eigenvalue weighted by Gasteiger charge is -2.61. The molecule has 0 spiro atoms. The van der Waals surface area contributed by atoms with Crippen LogP contribution >= 0.6 is 0 Å². The Bertz CT molecular complexity index is 940. The number of hydrogen-bond acceptors (Lipinski definition) is 4. The van der Waals surface area contributed by atoms with Crippen LogP contribution in [0.2, 0.25) is 0 Å². The van der Waals surface area contributed by atoms with Gasteiger partial charge in [0.2, 0.25) is 6.73 Å². The van der Waals surface area contributed by atoms with Crippen molar-refractivity contribution in [1.29, 1.82) is 0 Å². The monoisotopic (exact) mass is 456 g/mol. The fourth-order valence-electron chi connectivity index (χ4n) is 6.35. The molecule has 33 heavy (non-hydrogen) atoms. The average molecular weight is 457 g/mol. The first-order valence-corrected chi connectivity index (χ1v) is 12.6. The van der Waals surface area contributed by atoms with E-state index in [1.54, 1.807) is 0 Å². The number of fused-ring (bicyclic) bond motifs is 1. The number of esters is 2. The Hall–Kier alpha value is -1.88. The number of likely N-dealkylation sites (N-methyl/N-ethyl adjacent to an activating group) is 1. The lowest BCUT2D eigenvalue weighted by molar-refractivity contribution is -0.959. The van der Waals surface area contributed by atoms with E-state index in [1.165, 1.54) is 36.8 Å².